The highest BCUT2D eigenvalue weighted by atomic mass is 32.2. The van der Waals surface area contributed by atoms with Crippen molar-refractivity contribution in [2.75, 3.05) is 11.8 Å². The first-order valence-electron chi connectivity index (χ1n) is 8.22. The molecule has 140 valence electrons. The van der Waals surface area contributed by atoms with Gasteiger partial charge in [-0.2, -0.15) is 0 Å². The summed E-state index contributed by atoms with van der Waals surface area (Å²) in [5.41, 5.74) is 1.88. The largest absolute Gasteiger partial charge is 0.335 e. The number of amides is 1. The highest BCUT2D eigenvalue weighted by molar-refractivity contribution is 7.94. The van der Waals surface area contributed by atoms with Crippen LogP contribution in [0.3, 0.4) is 0 Å². The van der Waals surface area contributed by atoms with Crippen LogP contribution in [-0.2, 0) is 10.0 Å². The minimum Gasteiger partial charge on any atom is -0.335 e. The summed E-state index contributed by atoms with van der Waals surface area (Å²) in [6.07, 6.45) is 3.39. The fraction of sp³-hybridized carbons (Fsp3) is 0.158. The van der Waals surface area contributed by atoms with E-state index < -0.39 is 10.0 Å². The summed E-state index contributed by atoms with van der Waals surface area (Å²) in [4.78, 5) is 18.3. The number of carbonyl (C=O) groups excluding carboxylic acids is 1. The second-order valence-electron chi connectivity index (χ2n) is 5.99. The minimum atomic E-state index is -3.60. The quantitative estimate of drug-likeness (QED) is 0.682. The average molecular weight is 402 g/mol. The lowest BCUT2D eigenvalue weighted by atomic mass is 10.1. The van der Waals surface area contributed by atoms with Crippen LogP contribution in [0, 0.1) is 0 Å². The van der Waals surface area contributed by atoms with Crippen molar-refractivity contribution in [3.8, 4) is 0 Å². The Morgan fingerprint density at radius 3 is 2.37 bits per heavy atom. The molecule has 0 radical (unpaired) electrons. The van der Waals surface area contributed by atoms with E-state index >= 15 is 0 Å². The Kier molecular flexibility index (Phi) is 5.57. The Balaban J connectivity index is 1.72. The average Bonchev–Trinajstić information content (AvgIpc) is 3.23. The summed E-state index contributed by atoms with van der Waals surface area (Å²) >= 11 is 1.15. The summed E-state index contributed by atoms with van der Waals surface area (Å²) < 4.78 is 27.3. The van der Waals surface area contributed by atoms with Crippen molar-refractivity contribution in [3.63, 3.8) is 0 Å². The first-order chi connectivity index (χ1) is 12.9. The minimum absolute atomic E-state index is 0.113. The standard InChI is InChI=1S/C19H19N3O3S2/c1-14(15-9-11-20-12-10-15)22(2)19(23)16-5-7-17(8-6-16)21-27(24,25)18-4-3-13-26-18/h3-14,21H,1-2H3. The molecular weight excluding hydrogens is 382 g/mol. The number of rotatable bonds is 6. The number of benzene rings is 1. The van der Waals surface area contributed by atoms with Gasteiger partial charge < -0.3 is 4.90 Å². The molecule has 6 nitrogen and oxygen atoms in total. The van der Waals surface area contributed by atoms with Crippen molar-refractivity contribution in [1.82, 2.24) is 9.88 Å². The molecule has 0 spiro atoms. The third-order valence-corrected chi connectivity index (χ3v) is 7.01. The molecule has 1 atom stereocenters. The van der Waals surface area contributed by atoms with Gasteiger partial charge in [0.05, 0.1) is 6.04 Å². The lowest BCUT2D eigenvalue weighted by Crippen LogP contribution is -2.29. The molecule has 0 saturated carbocycles. The number of sulfonamides is 1. The van der Waals surface area contributed by atoms with Gasteiger partial charge in [0, 0.05) is 30.7 Å². The van der Waals surface area contributed by atoms with E-state index in [0.29, 0.717) is 11.3 Å². The van der Waals surface area contributed by atoms with Gasteiger partial charge in [0.1, 0.15) is 4.21 Å². The molecule has 1 N–H and O–H groups in total. The van der Waals surface area contributed by atoms with Crippen molar-refractivity contribution in [3.05, 3.63) is 77.4 Å². The van der Waals surface area contributed by atoms with Crippen LogP contribution in [0.5, 0.6) is 0 Å². The van der Waals surface area contributed by atoms with Crippen LogP contribution in [-0.4, -0.2) is 31.3 Å². The smallest absolute Gasteiger partial charge is 0.271 e. The number of thiophene rings is 1. The van der Waals surface area contributed by atoms with Gasteiger partial charge in [-0.05, 0) is 60.3 Å². The maximum absolute atomic E-state index is 12.7. The summed E-state index contributed by atoms with van der Waals surface area (Å²) in [7, 11) is -1.86. The molecule has 0 fully saturated rings. The number of nitrogens with zero attached hydrogens (tertiary/aromatic N) is 2. The number of anilines is 1. The Morgan fingerprint density at radius 2 is 1.78 bits per heavy atom. The number of hydrogen-bond donors (Lipinski definition) is 1. The Labute approximate surface area is 162 Å². The lowest BCUT2D eigenvalue weighted by molar-refractivity contribution is 0.0742. The van der Waals surface area contributed by atoms with Crippen molar-refractivity contribution in [2.45, 2.75) is 17.2 Å². The number of aromatic nitrogens is 1. The third kappa shape index (κ3) is 4.35. The van der Waals surface area contributed by atoms with E-state index in [1.807, 2.05) is 19.1 Å². The Morgan fingerprint density at radius 1 is 1.11 bits per heavy atom. The van der Waals surface area contributed by atoms with Crippen molar-refractivity contribution in [2.24, 2.45) is 0 Å². The predicted octanol–water partition coefficient (Wildman–Crippen LogP) is 3.78. The summed E-state index contributed by atoms with van der Waals surface area (Å²) in [5.74, 6) is -0.146. The summed E-state index contributed by atoms with van der Waals surface area (Å²) in [5, 5.41) is 1.70. The number of nitrogens with one attached hydrogen (secondary N) is 1. The van der Waals surface area contributed by atoms with Crippen LogP contribution in [0.25, 0.3) is 0 Å². The van der Waals surface area contributed by atoms with E-state index in [4.69, 9.17) is 0 Å². The first kappa shape index (κ1) is 19.1. The van der Waals surface area contributed by atoms with Gasteiger partial charge in [-0.25, -0.2) is 8.42 Å². The van der Waals surface area contributed by atoms with Crippen LogP contribution in [0.15, 0.2) is 70.5 Å². The highest BCUT2D eigenvalue weighted by Gasteiger charge is 2.19. The zero-order valence-corrected chi connectivity index (χ0v) is 16.5. The van der Waals surface area contributed by atoms with Gasteiger partial charge in [-0.1, -0.05) is 6.07 Å². The molecule has 27 heavy (non-hydrogen) atoms. The van der Waals surface area contributed by atoms with E-state index in [0.717, 1.165) is 16.9 Å². The van der Waals surface area contributed by atoms with Gasteiger partial charge in [0.15, 0.2) is 0 Å². The van der Waals surface area contributed by atoms with Gasteiger partial charge in [0.2, 0.25) is 0 Å². The topological polar surface area (TPSA) is 79.4 Å². The maximum Gasteiger partial charge on any atom is 0.271 e. The molecule has 0 aliphatic heterocycles. The molecule has 2 aromatic heterocycles. The van der Waals surface area contributed by atoms with Gasteiger partial charge >= 0.3 is 0 Å². The first-order valence-corrected chi connectivity index (χ1v) is 10.6. The summed E-state index contributed by atoms with van der Waals surface area (Å²) in [6, 6.07) is 13.3. The SMILES string of the molecule is CC(c1ccncc1)N(C)C(=O)c1ccc(NS(=O)(=O)c2cccs2)cc1. The van der Waals surface area contributed by atoms with E-state index in [9.17, 15) is 13.2 Å². The second-order valence-corrected chi connectivity index (χ2v) is 8.84. The lowest BCUT2D eigenvalue weighted by Gasteiger charge is -2.25. The normalized spacial score (nSPS) is 12.4. The van der Waals surface area contributed by atoms with Crippen molar-refractivity contribution < 1.29 is 13.2 Å². The molecule has 1 aromatic carbocycles. The Hall–Kier alpha value is -2.71. The van der Waals surface area contributed by atoms with E-state index in [1.54, 1.807) is 66.1 Å². The molecule has 1 amide bonds. The molecule has 3 aromatic rings. The monoisotopic (exact) mass is 401 g/mol. The van der Waals surface area contributed by atoms with Crippen LogP contribution in [0.1, 0.15) is 28.9 Å². The number of carbonyl (C=O) groups is 1. The van der Waals surface area contributed by atoms with Crippen LogP contribution >= 0.6 is 11.3 Å². The summed E-state index contributed by atoms with van der Waals surface area (Å²) in [6.45, 7) is 1.94. The molecule has 2 heterocycles. The van der Waals surface area contributed by atoms with E-state index in [1.165, 1.54) is 0 Å². The molecule has 0 aliphatic carbocycles. The van der Waals surface area contributed by atoms with Crippen LogP contribution in [0.2, 0.25) is 0 Å². The van der Waals surface area contributed by atoms with Crippen LogP contribution in [0.4, 0.5) is 5.69 Å². The van der Waals surface area contributed by atoms with E-state index in [-0.39, 0.29) is 16.2 Å². The zero-order valence-electron chi connectivity index (χ0n) is 14.9. The number of pyridine rings is 1. The van der Waals surface area contributed by atoms with Crippen molar-refractivity contribution >= 4 is 33.0 Å². The number of hydrogen-bond acceptors (Lipinski definition) is 5. The highest BCUT2D eigenvalue weighted by Crippen LogP contribution is 2.23. The molecule has 8 heteroatoms. The molecule has 0 saturated heterocycles. The van der Waals surface area contributed by atoms with Crippen LogP contribution < -0.4 is 4.72 Å². The maximum atomic E-state index is 12.7. The Bertz CT molecular complexity index is 1000. The third-order valence-electron chi connectivity index (χ3n) is 4.23. The van der Waals surface area contributed by atoms with Gasteiger partial charge in [-0.3, -0.25) is 14.5 Å². The van der Waals surface area contributed by atoms with E-state index in [2.05, 4.69) is 9.71 Å². The second kappa shape index (κ2) is 7.89. The molecule has 3 rings (SSSR count). The van der Waals surface area contributed by atoms with Crippen molar-refractivity contribution in [1.29, 1.82) is 0 Å². The molecule has 0 bridgehead atoms. The fourth-order valence-electron chi connectivity index (χ4n) is 2.55. The molecular formula is C19H19N3O3S2. The van der Waals surface area contributed by atoms with Gasteiger partial charge in [0.25, 0.3) is 15.9 Å². The molecule has 1 unspecified atom stereocenters. The molecule has 0 aliphatic rings. The van der Waals surface area contributed by atoms with Gasteiger partial charge in [-0.15, -0.1) is 11.3 Å². The predicted molar refractivity (Wildman–Crippen MR) is 106 cm³/mol. The fourth-order valence-corrected chi connectivity index (χ4v) is 4.60. The zero-order chi connectivity index (χ0) is 19.4.